The molecule has 0 atom stereocenters. The molecule has 2 aromatic heterocycles. The molecule has 4 aromatic rings. The lowest BCUT2D eigenvalue weighted by atomic mass is 10.2. The van der Waals surface area contributed by atoms with Gasteiger partial charge in [-0.3, -0.25) is 0 Å². The smallest absolute Gasteiger partial charge is 0.421 e. The maximum atomic E-state index is 13.3. The molecular weight excluding hydrogens is 452 g/mol. The van der Waals surface area contributed by atoms with Gasteiger partial charge < -0.3 is 14.2 Å². The van der Waals surface area contributed by atoms with Crippen molar-refractivity contribution in [3.8, 4) is 0 Å². The van der Waals surface area contributed by atoms with E-state index >= 15 is 0 Å². The lowest BCUT2D eigenvalue weighted by molar-refractivity contribution is 0.0596. The number of imidazole rings is 1. The molecule has 1 amide bonds. The Morgan fingerprint density at radius 3 is 2.35 bits per heavy atom. The van der Waals surface area contributed by atoms with E-state index in [-0.39, 0.29) is 5.28 Å². The first-order valence-electron chi connectivity index (χ1n) is 10.8. The number of hydrogen-bond donors (Lipinski definition) is 0. The van der Waals surface area contributed by atoms with Crippen molar-refractivity contribution in [2.75, 3.05) is 16.8 Å². The number of benzene rings is 2. The van der Waals surface area contributed by atoms with Crippen LogP contribution >= 0.6 is 11.6 Å². The van der Waals surface area contributed by atoms with Crippen LogP contribution in [0.5, 0.6) is 0 Å². The molecule has 0 bridgehead atoms. The van der Waals surface area contributed by atoms with Crippen molar-refractivity contribution in [1.29, 1.82) is 0 Å². The van der Waals surface area contributed by atoms with E-state index in [0.29, 0.717) is 17.5 Å². The number of aryl methyl sites for hydroxylation is 2. The molecular formula is C25H27ClN6O2. The summed E-state index contributed by atoms with van der Waals surface area (Å²) in [5.74, 6) is 1.11. The molecule has 2 heterocycles. The van der Waals surface area contributed by atoms with Gasteiger partial charge in [0.1, 0.15) is 11.4 Å². The number of nitrogens with zero attached hydrogens (tertiary/aromatic N) is 6. The first kappa shape index (κ1) is 23.5. The number of ether oxygens (including phenoxy) is 1. The van der Waals surface area contributed by atoms with Crippen molar-refractivity contribution in [3.63, 3.8) is 0 Å². The van der Waals surface area contributed by atoms with Gasteiger partial charge in [0.25, 0.3) is 0 Å². The lowest BCUT2D eigenvalue weighted by Crippen LogP contribution is -2.35. The zero-order valence-electron chi connectivity index (χ0n) is 20.1. The Kier molecular flexibility index (Phi) is 6.18. The SMILES string of the molecule is Cc1ccc(N(C(=O)OC(C)(C)C)c2nc3cc(N(C)c4ccnc(Cl)n4)ccc3n2C)cc1. The van der Waals surface area contributed by atoms with Gasteiger partial charge in [0.2, 0.25) is 11.2 Å². The topological polar surface area (TPSA) is 76.4 Å². The number of amides is 1. The van der Waals surface area contributed by atoms with E-state index in [9.17, 15) is 4.79 Å². The van der Waals surface area contributed by atoms with Crippen molar-refractivity contribution in [3.05, 3.63) is 65.6 Å². The fraction of sp³-hybridized carbons (Fsp3) is 0.280. The van der Waals surface area contributed by atoms with Crippen LogP contribution in [0.2, 0.25) is 5.28 Å². The predicted molar refractivity (Wildman–Crippen MR) is 135 cm³/mol. The van der Waals surface area contributed by atoms with Gasteiger partial charge in [-0.2, -0.15) is 0 Å². The van der Waals surface area contributed by atoms with Gasteiger partial charge in [-0.05, 0) is 75.7 Å². The van der Waals surface area contributed by atoms with Crippen LogP contribution in [0.4, 0.5) is 27.9 Å². The number of hydrogen-bond acceptors (Lipinski definition) is 6. The maximum absolute atomic E-state index is 13.3. The molecule has 0 spiro atoms. The van der Waals surface area contributed by atoms with Crippen LogP contribution in [0.3, 0.4) is 0 Å². The molecule has 0 aliphatic heterocycles. The van der Waals surface area contributed by atoms with Crippen molar-refractivity contribution in [2.24, 2.45) is 7.05 Å². The number of halogens is 1. The van der Waals surface area contributed by atoms with E-state index < -0.39 is 11.7 Å². The van der Waals surface area contributed by atoms with Crippen molar-refractivity contribution in [2.45, 2.75) is 33.3 Å². The molecule has 9 heteroatoms. The molecule has 0 saturated heterocycles. The second-order valence-corrected chi connectivity index (χ2v) is 9.38. The average molecular weight is 479 g/mol. The van der Waals surface area contributed by atoms with Gasteiger partial charge in [-0.25, -0.2) is 24.6 Å². The van der Waals surface area contributed by atoms with E-state index in [1.165, 1.54) is 4.90 Å². The van der Waals surface area contributed by atoms with Crippen LogP contribution in [-0.4, -0.2) is 38.3 Å². The van der Waals surface area contributed by atoms with Gasteiger partial charge in [0.15, 0.2) is 0 Å². The fourth-order valence-corrected chi connectivity index (χ4v) is 3.68. The van der Waals surface area contributed by atoms with Gasteiger partial charge in [0, 0.05) is 26.0 Å². The summed E-state index contributed by atoms with van der Waals surface area (Å²) in [6.07, 6.45) is 1.11. The molecule has 0 unspecified atom stereocenters. The van der Waals surface area contributed by atoms with Crippen LogP contribution in [0.15, 0.2) is 54.7 Å². The average Bonchev–Trinajstić information content (AvgIpc) is 3.09. The van der Waals surface area contributed by atoms with Gasteiger partial charge >= 0.3 is 6.09 Å². The third-order valence-electron chi connectivity index (χ3n) is 5.25. The number of rotatable bonds is 4. The molecule has 176 valence electrons. The Bertz CT molecular complexity index is 1340. The summed E-state index contributed by atoms with van der Waals surface area (Å²) in [5.41, 5.74) is 3.57. The number of carbonyl (C=O) groups excluding carboxylic acids is 1. The number of carbonyl (C=O) groups is 1. The zero-order valence-corrected chi connectivity index (χ0v) is 20.8. The Labute approximate surface area is 203 Å². The summed E-state index contributed by atoms with van der Waals surface area (Å²) in [6, 6.07) is 15.3. The second kappa shape index (κ2) is 8.95. The van der Waals surface area contributed by atoms with Crippen molar-refractivity contribution in [1.82, 2.24) is 19.5 Å². The fourth-order valence-electron chi connectivity index (χ4n) is 3.53. The highest BCUT2D eigenvalue weighted by Crippen LogP contribution is 2.32. The Morgan fingerprint density at radius 2 is 1.71 bits per heavy atom. The van der Waals surface area contributed by atoms with Crippen molar-refractivity contribution < 1.29 is 9.53 Å². The molecule has 8 nitrogen and oxygen atoms in total. The first-order chi connectivity index (χ1) is 16.0. The summed E-state index contributed by atoms with van der Waals surface area (Å²) in [6.45, 7) is 7.53. The van der Waals surface area contributed by atoms with E-state index in [1.807, 2.05) is 93.7 Å². The van der Waals surface area contributed by atoms with E-state index in [0.717, 1.165) is 22.3 Å². The lowest BCUT2D eigenvalue weighted by Gasteiger charge is -2.26. The van der Waals surface area contributed by atoms with Gasteiger partial charge in [-0.1, -0.05) is 17.7 Å². The van der Waals surface area contributed by atoms with E-state index in [2.05, 4.69) is 9.97 Å². The quantitative estimate of drug-likeness (QED) is 0.326. The maximum Gasteiger partial charge on any atom is 0.421 e. The summed E-state index contributed by atoms with van der Waals surface area (Å²) in [7, 11) is 3.77. The molecule has 0 radical (unpaired) electrons. The molecule has 34 heavy (non-hydrogen) atoms. The van der Waals surface area contributed by atoms with Crippen LogP contribution < -0.4 is 9.80 Å². The Balaban J connectivity index is 1.79. The molecule has 0 saturated carbocycles. The molecule has 0 aliphatic rings. The van der Waals surface area contributed by atoms with Crippen LogP contribution in [-0.2, 0) is 11.8 Å². The van der Waals surface area contributed by atoms with Crippen molar-refractivity contribution >= 4 is 51.9 Å². The minimum atomic E-state index is -0.653. The highest BCUT2D eigenvalue weighted by atomic mass is 35.5. The normalized spacial score (nSPS) is 11.5. The number of aromatic nitrogens is 4. The monoisotopic (exact) mass is 478 g/mol. The largest absolute Gasteiger partial charge is 0.443 e. The standard InChI is InChI=1S/C25H27ClN6O2/c1-16-7-9-17(10-8-16)32(24(33)34-25(2,3)4)23-28-19-15-18(11-12-20(19)31(23)6)30(5)21-13-14-27-22(26)29-21/h7-15H,1-6H3. The highest BCUT2D eigenvalue weighted by Gasteiger charge is 2.28. The third kappa shape index (κ3) is 4.82. The Hall–Kier alpha value is -3.65. The highest BCUT2D eigenvalue weighted by molar-refractivity contribution is 6.28. The minimum Gasteiger partial charge on any atom is -0.443 e. The first-order valence-corrected chi connectivity index (χ1v) is 11.2. The molecule has 0 N–H and O–H groups in total. The van der Waals surface area contributed by atoms with Crippen LogP contribution in [0.1, 0.15) is 26.3 Å². The Morgan fingerprint density at radius 1 is 1.03 bits per heavy atom. The zero-order chi connectivity index (χ0) is 24.6. The second-order valence-electron chi connectivity index (χ2n) is 9.04. The molecule has 2 aromatic carbocycles. The molecule has 4 rings (SSSR count). The van der Waals surface area contributed by atoms with Crippen LogP contribution in [0.25, 0.3) is 11.0 Å². The predicted octanol–water partition coefficient (Wildman–Crippen LogP) is 6.17. The number of anilines is 4. The van der Waals surface area contributed by atoms with Gasteiger partial charge in [-0.15, -0.1) is 0 Å². The summed E-state index contributed by atoms with van der Waals surface area (Å²) in [4.78, 5) is 29.7. The van der Waals surface area contributed by atoms with E-state index in [4.69, 9.17) is 21.3 Å². The molecule has 0 aliphatic carbocycles. The van der Waals surface area contributed by atoms with E-state index in [1.54, 1.807) is 12.3 Å². The molecule has 0 fully saturated rings. The summed E-state index contributed by atoms with van der Waals surface area (Å²) in [5, 5.41) is 0.177. The van der Waals surface area contributed by atoms with Gasteiger partial charge in [0.05, 0.1) is 16.7 Å². The minimum absolute atomic E-state index is 0.177. The van der Waals surface area contributed by atoms with Crippen LogP contribution in [0, 0.1) is 6.92 Å². The summed E-state index contributed by atoms with van der Waals surface area (Å²) < 4.78 is 7.60. The third-order valence-corrected chi connectivity index (χ3v) is 5.43. The number of fused-ring (bicyclic) bond motifs is 1. The summed E-state index contributed by atoms with van der Waals surface area (Å²) >= 11 is 5.96.